The first-order valence-corrected chi connectivity index (χ1v) is 6.35. The quantitative estimate of drug-likeness (QED) is 0.598. The van der Waals surface area contributed by atoms with Crippen LogP contribution in [0.3, 0.4) is 0 Å². The van der Waals surface area contributed by atoms with E-state index >= 15 is 0 Å². The summed E-state index contributed by atoms with van der Waals surface area (Å²) in [4.78, 5) is 16.3. The second-order valence-corrected chi connectivity index (χ2v) is 6.33. The molecule has 1 aromatic carbocycles. The van der Waals surface area contributed by atoms with Gasteiger partial charge in [-0.15, -0.1) is 11.8 Å². The Labute approximate surface area is 110 Å². The average Bonchev–Trinajstić information content (AvgIpc) is 2.25. The topological polar surface area (TPSA) is 81.5 Å². The van der Waals surface area contributed by atoms with Crippen LogP contribution in [0.4, 0.5) is 0 Å². The number of rotatable bonds is 1. The van der Waals surface area contributed by atoms with Crippen LogP contribution in [0.2, 0.25) is 0 Å². The number of hydrogen-bond donors (Lipinski definition) is 2. The molecule has 5 heteroatoms. The molecule has 4 N–H and O–H groups in total. The van der Waals surface area contributed by atoms with E-state index in [0.29, 0.717) is 5.56 Å². The van der Waals surface area contributed by atoms with Crippen molar-refractivity contribution in [2.75, 3.05) is 0 Å². The summed E-state index contributed by atoms with van der Waals surface area (Å²) in [5.74, 6) is -0.628. The zero-order valence-corrected chi connectivity index (χ0v) is 11.1. The van der Waals surface area contributed by atoms with Crippen molar-refractivity contribution in [2.45, 2.75) is 23.5 Å². The van der Waals surface area contributed by atoms with Gasteiger partial charge in [-0.05, 0) is 31.5 Å². The summed E-state index contributed by atoms with van der Waals surface area (Å²) in [5, 5.41) is 0. The van der Waals surface area contributed by atoms with Gasteiger partial charge >= 0.3 is 0 Å². The number of thioether (sulfide) groups is 1. The summed E-state index contributed by atoms with van der Waals surface area (Å²) < 4.78 is 0.0326. The monoisotopic (exact) mass is 261 g/mol. The molecule has 0 bridgehead atoms. The molecule has 0 fully saturated rings. The lowest BCUT2D eigenvalue weighted by Gasteiger charge is -2.25. The maximum atomic E-state index is 11.7. The van der Waals surface area contributed by atoms with Gasteiger partial charge in [0.25, 0.3) is 5.91 Å². The number of aliphatic imine (C=N–C) groups is 1. The first kappa shape index (κ1) is 12.7. The molecule has 4 nitrogen and oxygen atoms in total. The highest BCUT2D eigenvalue weighted by Gasteiger charge is 2.22. The van der Waals surface area contributed by atoms with E-state index in [0.717, 1.165) is 10.5 Å². The SMILES string of the molecule is CC1(C)C=Cc2ccc(C(=O)N=C(N)N)cc2S1. The number of amides is 1. The molecule has 1 aliphatic rings. The highest BCUT2D eigenvalue weighted by molar-refractivity contribution is 8.01. The summed E-state index contributed by atoms with van der Waals surface area (Å²) in [5.41, 5.74) is 12.0. The van der Waals surface area contributed by atoms with Crippen LogP contribution in [0.5, 0.6) is 0 Å². The predicted octanol–water partition coefficient (Wildman–Crippen LogP) is 2.00. The third kappa shape index (κ3) is 2.73. The van der Waals surface area contributed by atoms with Crippen LogP contribution in [0, 0.1) is 0 Å². The highest BCUT2D eigenvalue weighted by Crippen LogP contribution is 2.40. The molecule has 0 unspecified atom stereocenters. The molecule has 1 amide bonds. The minimum atomic E-state index is -0.411. The average molecular weight is 261 g/mol. The third-order valence-electron chi connectivity index (χ3n) is 2.53. The molecular weight excluding hydrogens is 246 g/mol. The van der Waals surface area contributed by atoms with Crippen molar-refractivity contribution < 1.29 is 4.79 Å². The number of nitrogens with zero attached hydrogens (tertiary/aromatic N) is 1. The van der Waals surface area contributed by atoms with E-state index < -0.39 is 5.91 Å². The lowest BCUT2D eigenvalue weighted by Crippen LogP contribution is -2.24. The molecule has 0 aromatic heterocycles. The van der Waals surface area contributed by atoms with Crippen molar-refractivity contribution in [3.05, 3.63) is 35.4 Å². The number of guanidine groups is 1. The van der Waals surface area contributed by atoms with Gasteiger partial charge in [0.2, 0.25) is 0 Å². The minimum absolute atomic E-state index is 0.0326. The Balaban J connectivity index is 2.37. The van der Waals surface area contributed by atoms with Gasteiger partial charge in [0.1, 0.15) is 0 Å². The first-order valence-electron chi connectivity index (χ1n) is 5.54. The van der Waals surface area contributed by atoms with E-state index in [1.165, 1.54) is 0 Å². The summed E-state index contributed by atoms with van der Waals surface area (Å²) in [7, 11) is 0. The van der Waals surface area contributed by atoms with Gasteiger partial charge in [0, 0.05) is 15.2 Å². The number of benzene rings is 1. The fourth-order valence-electron chi connectivity index (χ4n) is 1.68. The van der Waals surface area contributed by atoms with Gasteiger partial charge in [-0.25, -0.2) is 0 Å². The lowest BCUT2D eigenvalue weighted by atomic mass is 10.1. The van der Waals surface area contributed by atoms with Crippen molar-refractivity contribution in [1.29, 1.82) is 0 Å². The second-order valence-electron chi connectivity index (χ2n) is 4.63. The van der Waals surface area contributed by atoms with Gasteiger partial charge in [-0.3, -0.25) is 4.79 Å². The highest BCUT2D eigenvalue weighted by atomic mass is 32.2. The standard InChI is InChI=1S/C13H15N3OS/c1-13(2)6-5-8-3-4-9(7-10(8)18-13)11(17)16-12(14)15/h3-7H,1-2H3,(H4,14,15,16,17). The number of fused-ring (bicyclic) bond motifs is 1. The van der Waals surface area contributed by atoms with Gasteiger partial charge in [-0.1, -0.05) is 18.2 Å². The van der Waals surface area contributed by atoms with E-state index in [-0.39, 0.29) is 10.7 Å². The normalized spacial score (nSPS) is 15.9. The van der Waals surface area contributed by atoms with Crippen LogP contribution in [-0.4, -0.2) is 16.6 Å². The fourth-order valence-corrected chi connectivity index (χ4v) is 2.83. The molecule has 0 aliphatic carbocycles. The van der Waals surface area contributed by atoms with E-state index in [1.807, 2.05) is 12.1 Å². The van der Waals surface area contributed by atoms with Crippen LogP contribution in [0.25, 0.3) is 6.08 Å². The van der Waals surface area contributed by atoms with Gasteiger partial charge < -0.3 is 11.5 Å². The van der Waals surface area contributed by atoms with E-state index in [4.69, 9.17) is 11.5 Å². The Morgan fingerprint density at radius 1 is 1.33 bits per heavy atom. The van der Waals surface area contributed by atoms with Crippen molar-refractivity contribution >= 4 is 29.7 Å². The molecule has 0 saturated heterocycles. The van der Waals surface area contributed by atoms with E-state index in [1.54, 1.807) is 17.8 Å². The molecule has 1 aromatic rings. The third-order valence-corrected chi connectivity index (χ3v) is 3.76. The van der Waals surface area contributed by atoms with E-state index in [9.17, 15) is 4.79 Å². The summed E-state index contributed by atoms with van der Waals surface area (Å²) >= 11 is 1.71. The number of carbonyl (C=O) groups excluding carboxylic acids is 1. The van der Waals surface area contributed by atoms with E-state index in [2.05, 4.69) is 31.0 Å². The molecule has 94 valence electrons. The molecule has 1 heterocycles. The Hall–Kier alpha value is -1.75. The van der Waals surface area contributed by atoms with Gasteiger partial charge in [-0.2, -0.15) is 4.99 Å². The number of nitrogens with two attached hydrogens (primary N) is 2. The summed E-state index contributed by atoms with van der Waals surface area (Å²) in [6.45, 7) is 4.25. The zero-order chi connectivity index (χ0) is 13.3. The number of carbonyl (C=O) groups is 1. The van der Waals surface area contributed by atoms with Crippen molar-refractivity contribution in [1.82, 2.24) is 0 Å². The van der Waals surface area contributed by atoms with Crippen molar-refractivity contribution in [3.63, 3.8) is 0 Å². The largest absolute Gasteiger partial charge is 0.370 e. The van der Waals surface area contributed by atoms with Gasteiger partial charge in [0.05, 0.1) is 0 Å². The first-order chi connectivity index (χ1) is 8.37. The Morgan fingerprint density at radius 2 is 2.06 bits per heavy atom. The van der Waals surface area contributed by atoms with Gasteiger partial charge in [0.15, 0.2) is 5.96 Å². The number of hydrogen-bond acceptors (Lipinski definition) is 2. The second kappa shape index (κ2) is 4.49. The molecule has 1 aliphatic heterocycles. The van der Waals surface area contributed by atoms with Crippen LogP contribution in [0.1, 0.15) is 29.8 Å². The molecule has 0 atom stereocenters. The predicted molar refractivity (Wildman–Crippen MR) is 75.6 cm³/mol. The van der Waals surface area contributed by atoms with Crippen LogP contribution in [-0.2, 0) is 0 Å². The molecule has 0 spiro atoms. The summed E-state index contributed by atoms with van der Waals surface area (Å²) in [6.07, 6.45) is 4.22. The Kier molecular flexibility index (Phi) is 3.17. The summed E-state index contributed by atoms with van der Waals surface area (Å²) in [6, 6.07) is 5.47. The minimum Gasteiger partial charge on any atom is -0.370 e. The van der Waals surface area contributed by atoms with Crippen molar-refractivity contribution in [3.8, 4) is 0 Å². The molecule has 18 heavy (non-hydrogen) atoms. The molecule has 2 rings (SSSR count). The van der Waals surface area contributed by atoms with Crippen LogP contribution >= 0.6 is 11.8 Å². The molecule has 0 radical (unpaired) electrons. The van der Waals surface area contributed by atoms with Crippen molar-refractivity contribution in [2.24, 2.45) is 16.5 Å². The maximum Gasteiger partial charge on any atom is 0.280 e. The van der Waals surface area contributed by atoms with Crippen LogP contribution in [0.15, 0.2) is 34.2 Å². The van der Waals surface area contributed by atoms with Crippen LogP contribution < -0.4 is 11.5 Å². The Bertz CT molecular complexity index is 557. The zero-order valence-electron chi connectivity index (χ0n) is 10.3. The smallest absolute Gasteiger partial charge is 0.280 e. The lowest BCUT2D eigenvalue weighted by molar-refractivity contribution is 0.100. The molecule has 0 saturated carbocycles. The fraction of sp³-hybridized carbons (Fsp3) is 0.231. The molecular formula is C13H15N3OS. The maximum absolute atomic E-state index is 11.7. The Morgan fingerprint density at radius 3 is 2.72 bits per heavy atom.